The molecule has 0 radical (unpaired) electrons. The third-order valence-corrected chi connectivity index (χ3v) is 4.45. The van der Waals surface area contributed by atoms with Gasteiger partial charge >= 0.3 is 0 Å². The smallest absolute Gasteiger partial charge is 0.241 e. The van der Waals surface area contributed by atoms with Crippen molar-refractivity contribution >= 4 is 11.6 Å². The molecule has 1 amide bonds. The van der Waals surface area contributed by atoms with Gasteiger partial charge in [-0.2, -0.15) is 0 Å². The number of carbonyl (C=O) groups excluding carboxylic acids is 1. The normalized spacial score (nSPS) is 23.1. The second-order valence-corrected chi connectivity index (χ2v) is 6.17. The third-order valence-electron chi connectivity index (χ3n) is 4.45. The van der Waals surface area contributed by atoms with Crippen molar-refractivity contribution in [3.05, 3.63) is 29.8 Å². The Hall–Kier alpha value is -1.39. The van der Waals surface area contributed by atoms with Crippen LogP contribution < -0.4 is 10.6 Å². The van der Waals surface area contributed by atoms with E-state index in [1.807, 2.05) is 12.1 Å². The lowest BCUT2D eigenvalue weighted by atomic mass is 10.0. The maximum absolute atomic E-state index is 12.1. The van der Waals surface area contributed by atoms with Crippen LogP contribution >= 0.6 is 0 Å². The van der Waals surface area contributed by atoms with Crippen LogP contribution in [-0.4, -0.2) is 36.5 Å². The Bertz CT molecular complexity index is 459. The highest BCUT2D eigenvalue weighted by molar-refractivity contribution is 5.94. The highest BCUT2D eigenvalue weighted by Crippen LogP contribution is 2.16. The number of hydrogen-bond donors (Lipinski definition) is 2. The molecule has 3 rings (SSSR count). The molecule has 2 heterocycles. The molecule has 114 valence electrons. The molecule has 1 atom stereocenters. The Morgan fingerprint density at radius 1 is 1.14 bits per heavy atom. The molecule has 0 aliphatic carbocycles. The molecule has 2 aliphatic rings. The van der Waals surface area contributed by atoms with Crippen molar-refractivity contribution in [2.24, 2.45) is 0 Å². The van der Waals surface area contributed by atoms with Crippen molar-refractivity contribution < 1.29 is 4.79 Å². The predicted octanol–water partition coefficient (Wildman–Crippen LogP) is 2.36. The molecule has 2 saturated heterocycles. The van der Waals surface area contributed by atoms with E-state index in [0.29, 0.717) is 0 Å². The van der Waals surface area contributed by atoms with E-state index in [-0.39, 0.29) is 11.9 Å². The molecule has 0 saturated carbocycles. The van der Waals surface area contributed by atoms with Gasteiger partial charge in [0.05, 0.1) is 6.04 Å². The summed E-state index contributed by atoms with van der Waals surface area (Å²) in [6.45, 7) is 4.41. The lowest BCUT2D eigenvalue weighted by Crippen LogP contribution is -2.43. The first-order valence-electron chi connectivity index (χ1n) is 8.17. The van der Waals surface area contributed by atoms with Crippen LogP contribution in [0.1, 0.15) is 37.7 Å². The topological polar surface area (TPSA) is 44.4 Å². The van der Waals surface area contributed by atoms with Gasteiger partial charge < -0.3 is 10.6 Å². The number of carbonyl (C=O) groups is 1. The first-order valence-corrected chi connectivity index (χ1v) is 8.17. The minimum atomic E-state index is -0.0250. The molecule has 1 aromatic rings. The summed E-state index contributed by atoms with van der Waals surface area (Å²) < 4.78 is 0. The summed E-state index contributed by atoms with van der Waals surface area (Å²) in [5.41, 5.74) is 2.23. The zero-order valence-electron chi connectivity index (χ0n) is 12.6. The number of likely N-dealkylation sites (tertiary alicyclic amines) is 1. The number of hydrogen-bond acceptors (Lipinski definition) is 3. The molecule has 0 bridgehead atoms. The molecule has 0 unspecified atom stereocenters. The zero-order chi connectivity index (χ0) is 14.5. The van der Waals surface area contributed by atoms with Crippen LogP contribution in [-0.2, 0) is 11.3 Å². The monoisotopic (exact) mass is 287 g/mol. The SMILES string of the molecule is O=C(Nc1ccc(CN2CCCC2)cc1)[C@H]1CCCCN1. The van der Waals surface area contributed by atoms with Crippen molar-refractivity contribution in [2.75, 3.05) is 25.0 Å². The summed E-state index contributed by atoms with van der Waals surface area (Å²) in [4.78, 5) is 14.6. The van der Waals surface area contributed by atoms with Gasteiger partial charge in [-0.3, -0.25) is 9.69 Å². The minimum absolute atomic E-state index is 0.0250. The fourth-order valence-electron chi connectivity index (χ4n) is 3.20. The van der Waals surface area contributed by atoms with Crippen LogP contribution in [0, 0.1) is 0 Å². The van der Waals surface area contributed by atoms with Crippen LogP contribution in [0.15, 0.2) is 24.3 Å². The Kier molecular flexibility index (Phi) is 4.88. The van der Waals surface area contributed by atoms with Gasteiger partial charge in [0.25, 0.3) is 0 Å². The number of piperidine rings is 1. The maximum Gasteiger partial charge on any atom is 0.241 e. The van der Waals surface area contributed by atoms with Crippen molar-refractivity contribution in [3.8, 4) is 0 Å². The van der Waals surface area contributed by atoms with E-state index >= 15 is 0 Å². The van der Waals surface area contributed by atoms with E-state index < -0.39 is 0 Å². The molecule has 21 heavy (non-hydrogen) atoms. The first-order chi connectivity index (χ1) is 10.3. The molecule has 2 aliphatic heterocycles. The summed E-state index contributed by atoms with van der Waals surface area (Å²) in [7, 11) is 0. The number of nitrogens with one attached hydrogen (secondary N) is 2. The van der Waals surface area contributed by atoms with Crippen LogP contribution in [0.4, 0.5) is 5.69 Å². The predicted molar refractivity (Wildman–Crippen MR) is 85.2 cm³/mol. The molecular formula is C17H25N3O. The van der Waals surface area contributed by atoms with Gasteiger partial charge in [-0.15, -0.1) is 0 Å². The molecule has 4 heteroatoms. The molecule has 0 aromatic heterocycles. The van der Waals surface area contributed by atoms with Crippen LogP contribution in [0.5, 0.6) is 0 Å². The van der Waals surface area contributed by atoms with Gasteiger partial charge in [-0.05, 0) is 63.0 Å². The first kappa shape index (κ1) is 14.5. The van der Waals surface area contributed by atoms with Crippen molar-refractivity contribution in [2.45, 2.75) is 44.7 Å². The van der Waals surface area contributed by atoms with Crippen LogP contribution in [0.3, 0.4) is 0 Å². The third kappa shape index (κ3) is 4.05. The van der Waals surface area contributed by atoms with E-state index in [4.69, 9.17) is 0 Å². The lowest BCUT2D eigenvalue weighted by molar-refractivity contribution is -0.118. The van der Waals surface area contributed by atoms with Crippen molar-refractivity contribution in [1.82, 2.24) is 10.2 Å². The van der Waals surface area contributed by atoms with Gasteiger partial charge in [0.15, 0.2) is 0 Å². The maximum atomic E-state index is 12.1. The Morgan fingerprint density at radius 2 is 1.90 bits per heavy atom. The zero-order valence-corrected chi connectivity index (χ0v) is 12.6. The van der Waals surface area contributed by atoms with Crippen molar-refractivity contribution in [1.29, 1.82) is 0 Å². The van der Waals surface area contributed by atoms with Crippen LogP contribution in [0.2, 0.25) is 0 Å². The Balaban J connectivity index is 1.52. The molecule has 2 fully saturated rings. The lowest BCUT2D eigenvalue weighted by Gasteiger charge is -2.22. The Labute approximate surface area is 126 Å². The summed E-state index contributed by atoms with van der Waals surface area (Å²) >= 11 is 0. The number of amides is 1. The van der Waals surface area contributed by atoms with Crippen LogP contribution in [0.25, 0.3) is 0 Å². The standard InChI is InChI=1S/C17H25N3O/c21-17(16-5-1-2-10-18-16)19-15-8-6-14(7-9-15)13-20-11-3-4-12-20/h6-9,16,18H,1-5,10-13H2,(H,19,21)/t16-/m1/s1. The second-order valence-electron chi connectivity index (χ2n) is 6.17. The van der Waals surface area contributed by atoms with Gasteiger partial charge in [0, 0.05) is 12.2 Å². The molecular weight excluding hydrogens is 262 g/mol. The molecule has 4 nitrogen and oxygen atoms in total. The van der Waals surface area contributed by atoms with Gasteiger partial charge in [-0.25, -0.2) is 0 Å². The second kappa shape index (κ2) is 7.05. The fraction of sp³-hybridized carbons (Fsp3) is 0.588. The largest absolute Gasteiger partial charge is 0.325 e. The van der Waals surface area contributed by atoms with Crippen molar-refractivity contribution in [3.63, 3.8) is 0 Å². The summed E-state index contributed by atoms with van der Waals surface area (Å²) in [5, 5.41) is 6.30. The van der Waals surface area contributed by atoms with E-state index in [0.717, 1.165) is 31.6 Å². The average Bonchev–Trinajstić information content (AvgIpc) is 3.03. The number of benzene rings is 1. The Morgan fingerprint density at radius 3 is 2.57 bits per heavy atom. The van der Waals surface area contributed by atoms with E-state index in [1.165, 1.54) is 37.9 Å². The fourth-order valence-corrected chi connectivity index (χ4v) is 3.20. The number of anilines is 1. The summed E-state index contributed by atoms with van der Waals surface area (Å²) in [6.07, 6.45) is 5.90. The molecule has 0 spiro atoms. The van der Waals surface area contributed by atoms with Gasteiger partial charge in [-0.1, -0.05) is 18.6 Å². The van der Waals surface area contributed by atoms with Gasteiger partial charge in [0.1, 0.15) is 0 Å². The molecule has 2 N–H and O–H groups in total. The number of nitrogens with zero attached hydrogens (tertiary/aromatic N) is 1. The van der Waals surface area contributed by atoms with E-state index in [9.17, 15) is 4.79 Å². The highest BCUT2D eigenvalue weighted by Gasteiger charge is 2.20. The highest BCUT2D eigenvalue weighted by atomic mass is 16.2. The summed E-state index contributed by atoms with van der Waals surface area (Å²) in [6, 6.07) is 8.27. The average molecular weight is 287 g/mol. The number of rotatable bonds is 4. The van der Waals surface area contributed by atoms with E-state index in [2.05, 4.69) is 27.7 Å². The van der Waals surface area contributed by atoms with Gasteiger partial charge in [0.2, 0.25) is 5.91 Å². The quantitative estimate of drug-likeness (QED) is 0.893. The summed E-state index contributed by atoms with van der Waals surface area (Å²) in [5.74, 6) is 0.0991. The van der Waals surface area contributed by atoms with E-state index in [1.54, 1.807) is 0 Å². The minimum Gasteiger partial charge on any atom is -0.325 e. The molecule has 1 aromatic carbocycles.